The van der Waals surface area contributed by atoms with Crippen molar-refractivity contribution in [2.75, 3.05) is 13.2 Å². The first kappa shape index (κ1) is 61.1. The summed E-state index contributed by atoms with van der Waals surface area (Å²) in [5.74, 6) is 1.64. The number of ether oxygens (including phenoxy) is 2. The number of aromatic nitrogens is 6. The van der Waals surface area contributed by atoms with Crippen LogP contribution in [0, 0.1) is 50.4 Å². The Labute approximate surface area is 497 Å². The van der Waals surface area contributed by atoms with Crippen LogP contribution >= 0.6 is 0 Å². The van der Waals surface area contributed by atoms with Crippen LogP contribution in [0.3, 0.4) is 0 Å². The molecule has 6 aromatic carbocycles. The maximum absolute atomic E-state index is 13.8. The quantitative estimate of drug-likeness (QED) is 0.0526. The van der Waals surface area contributed by atoms with Crippen molar-refractivity contribution in [1.82, 2.24) is 27.0 Å². The molecule has 0 unspecified atom stereocenters. The van der Waals surface area contributed by atoms with Crippen molar-refractivity contribution in [3.63, 3.8) is 0 Å². The number of imidazole rings is 2. The van der Waals surface area contributed by atoms with E-state index in [2.05, 4.69) is 86.5 Å². The molecule has 4 heterocycles. The van der Waals surface area contributed by atoms with Gasteiger partial charge in [0.25, 0.3) is 20.0 Å². The molecular weight excluding hydrogens is 1120 g/mol. The Bertz CT molecular complexity index is 4250. The second-order valence-corrected chi connectivity index (χ2v) is 39.2. The summed E-state index contributed by atoms with van der Waals surface area (Å²) in [4.78, 5) is 10.5. The minimum Gasteiger partial charge on any atom is -0.361 e. The van der Waals surface area contributed by atoms with Crippen molar-refractivity contribution in [3.05, 3.63) is 189 Å². The van der Waals surface area contributed by atoms with Crippen LogP contribution in [0.4, 0.5) is 0 Å². The molecule has 0 fully saturated rings. The first-order chi connectivity index (χ1) is 39.8. The van der Waals surface area contributed by atoms with Crippen LogP contribution in [0.5, 0.6) is 0 Å². The van der Waals surface area contributed by atoms with E-state index in [4.69, 9.17) is 19.4 Å². The minimum absolute atomic E-state index is 0.261. The van der Waals surface area contributed by atoms with Crippen molar-refractivity contribution in [1.29, 1.82) is 10.5 Å². The minimum atomic E-state index is -3.79. The van der Waals surface area contributed by atoms with Gasteiger partial charge in [0, 0.05) is 65.4 Å². The summed E-state index contributed by atoms with van der Waals surface area (Å²) in [7, 11) is -10.1. The second-order valence-electron chi connectivity index (χ2n) is 24.3. The van der Waals surface area contributed by atoms with Crippen LogP contribution in [0.1, 0.15) is 81.1 Å². The third-order valence-corrected chi connectivity index (χ3v) is 22.4. The molecule has 0 radical (unpaired) electrons. The topological polar surface area (TPSA) is 180 Å². The first-order valence-electron chi connectivity index (χ1n) is 28.7. The van der Waals surface area contributed by atoms with E-state index in [1.54, 1.807) is 42.7 Å². The number of fused-ring (bicyclic) bond motifs is 4. The molecule has 0 atom stereocenters. The van der Waals surface area contributed by atoms with Gasteiger partial charge in [0.15, 0.2) is 0 Å². The summed E-state index contributed by atoms with van der Waals surface area (Å²) >= 11 is 0. The van der Waals surface area contributed by atoms with E-state index < -0.39 is 36.2 Å². The molecule has 0 saturated carbocycles. The van der Waals surface area contributed by atoms with E-state index in [9.17, 15) is 27.4 Å². The maximum atomic E-state index is 13.8. The molecule has 18 heteroatoms. The predicted octanol–water partition coefficient (Wildman–Crippen LogP) is 14.4. The summed E-state index contributed by atoms with van der Waals surface area (Å²) in [6.07, 6.45) is 5.93. The molecule has 0 aliphatic heterocycles. The summed E-state index contributed by atoms with van der Waals surface area (Å²) in [5.41, 5.74) is 14.1. The summed E-state index contributed by atoms with van der Waals surface area (Å²) in [6.45, 7) is 28.1. The van der Waals surface area contributed by atoms with E-state index in [1.165, 1.54) is 7.94 Å². The molecule has 0 aliphatic rings. The molecule has 436 valence electrons. The number of nitrogens with zero attached hydrogens (tertiary/aromatic N) is 8. The van der Waals surface area contributed by atoms with E-state index in [-0.39, 0.29) is 9.79 Å². The number of rotatable bonds is 20. The van der Waals surface area contributed by atoms with Crippen molar-refractivity contribution >= 4 is 80.1 Å². The van der Waals surface area contributed by atoms with Gasteiger partial charge in [0.05, 0.1) is 66.2 Å². The third kappa shape index (κ3) is 12.9. The van der Waals surface area contributed by atoms with E-state index in [0.29, 0.717) is 61.7 Å². The average molecular weight is 1200 g/mol. The van der Waals surface area contributed by atoms with Crippen molar-refractivity contribution in [2.24, 2.45) is 0 Å². The lowest BCUT2D eigenvalue weighted by atomic mass is 9.95. The Balaban J connectivity index is 0.000000202. The van der Waals surface area contributed by atoms with Gasteiger partial charge in [0.1, 0.15) is 25.1 Å². The van der Waals surface area contributed by atoms with E-state index in [0.717, 1.165) is 114 Å². The molecule has 10 rings (SSSR count). The molecule has 10 aromatic rings. The van der Waals surface area contributed by atoms with Crippen molar-refractivity contribution in [2.45, 2.75) is 142 Å². The number of aryl methyl sites for hydroxylation is 6. The highest BCUT2D eigenvalue weighted by Gasteiger charge is 2.27. The fourth-order valence-electron chi connectivity index (χ4n) is 10.8. The zero-order valence-corrected chi connectivity index (χ0v) is 54.1. The van der Waals surface area contributed by atoms with E-state index in [1.807, 2.05) is 94.4 Å². The fourth-order valence-corrected chi connectivity index (χ4v) is 15.1. The lowest BCUT2D eigenvalue weighted by Crippen LogP contribution is -2.22. The Morgan fingerprint density at radius 2 is 0.929 bits per heavy atom. The highest BCUT2D eigenvalue weighted by atomic mass is 32.2. The van der Waals surface area contributed by atoms with Gasteiger partial charge >= 0.3 is 0 Å². The second kappa shape index (κ2) is 24.7. The van der Waals surface area contributed by atoms with Crippen molar-refractivity contribution < 1.29 is 26.3 Å². The zero-order valence-electron chi connectivity index (χ0n) is 50.5. The summed E-state index contributed by atoms with van der Waals surface area (Å²) < 4.78 is 74.3. The normalized spacial score (nSPS) is 12.3. The first-order valence-corrected chi connectivity index (χ1v) is 39.0. The molecule has 0 amide bonds. The maximum Gasteiger partial charge on any atom is 0.268 e. The Kier molecular flexibility index (Phi) is 17.9. The smallest absolute Gasteiger partial charge is 0.268 e. The number of hydrogen-bond acceptors (Lipinski definition) is 10. The lowest BCUT2D eigenvalue weighted by Gasteiger charge is -2.17. The van der Waals surface area contributed by atoms with Gasteiger partial charge in [-0.1, -0.05) is 101 Å². The molecule has 0 aliphatic carbocycles. The van der Waals surface area contributed by atoms with Gasteiger partial charge in [-0.2, -0.15) is 10.5 Å². The largest absolute Gasteiger partial charge is 0.361 e. The Morgan fingerprint density at radius 3 is 1.36 bits per heavy atom. The summed E-state index contributed by atoms with van der Waals surface area (Å²) in [5, 5.41) is 20.8. The van der Waals surface area contributed by atoms with Crippen molar-refractivity contribution in [3.8, 4) is 12.1 Å². The molecule has 0 saturated heterocycles. The summed E-state index contributed by atoms with van der Waals surface area (Å²) in [6, 6.07) is 39.6. The van der Waals surface area contributed by atoms with Gasteiger partial charge in [-0.25, -0.2) is 34.7 Å². The van der Waals surface area contributed by atoms with Gasteiger partial charge in [0.2, 0.25) is 0 Å². The van der Waals surface area contributed by atoms with Crippen LogP contribution in [-0.4, -0.2) is 73.2 Å². The fraction of sp³-hybridized carbons (Fsp3) is 0.333. The molecule has 84 heavy (non-hydrogen) atoms. The lowest BCUT2D eigenvalue weighted by molar-refractivity contribution is 0.0880. The van der Waals surface area contributed by atoms with Crippen LogP contribution < -0.4 is 0 Å². The molecule has 0 bridgehead atoms. The van der Waals surface area contributed by atoms with Crippen LogP contribution in [0.25, 0.3) is 43.9 Å². The Morgan fingerprint density at radius 1 is 0.512 bits per heavy atom. The highest BCUT2D eigenvalue weighted by molar-refractivity contribution is 7.90. The standard InChI is InChI=1S/2C33H38N4O3SSi/c1-7-26-18-24(3)33-28(14-15-37(33)41(38,39)27-11-8-23(2)9-12-27)29(26)20-32-35-30-19-25(21-34)10-13-31(30)36(32)22-40-16-17-42(4,5)6;1-7-26-18-24(3)33-28(14-15-37(33)41(38,39)27-11-8-23(2)9-12-27)29(26)20-32-35-30-13-10-25(21-34)19-31(30)36(32)22-40-16-17-42(4,5)6/h2*8-15,18-19H,7,16-17,20,22H2,1-6H3. The van der Waals surface area contributed by atoms with Crippen LogP contribution in [0.15, 0.2) is 131 Å². The van der Waals surface area contributed by atoms with E-state index >= 15 is 0 Å². The molecular formula is C66H76N8O6S2Si2. The monoisotopic (exact) mass is 1200 g/mol. The highest BCUT2D eigenvalue weighted by Crippen LogP contribution is 2.35. The molecule has 14 nitrogen and oxygen atoms in total. The van der Waals surface area contributed by atoms with Gasteiger partial charge < -0.3 is 18.6 Å². The zero-order chi connectivity index (χ0) is 60.5. The number of hydrogen-bond donors (Lipinski definition) is 0. The van der Waals surface area contributed by atoms with Crippen LogP contribution in [0.2, 0.25) is 51.4 Å². The molecule has 0 spiro atoms. The molecule has 4 aromatic heterocycles. The predicted molar refractivity (Wildman–Crippen MR) is 342 cm³/mol. The number of benzene rings is 6. The number of nitriles is 2. The SMILES string of the molecule is CCc1cc(C)c2c(ccn2S(=O)(=O)c2ccc(C)cc2)c1Cc1nc2cc(C#N)ccc2n1COCC[Si](C)(C)C.CCc1cc(C)c2c(ccn2S(=O)(=O)c2ccc(C)cc2)c1Cc1nc2ccc(C#N)cc2n1COCC[Si](C)(C)C. The average Bonchev–Trinajstić information content (AvgIpc) is 1.97. The Hall–Kier alpha value is -7.43. The van der Waals surface area contributed by atoms with Crippen LogP contribution in [-0.2, 0) is 68.7 Å². The van der Waals surface area contributed by atoms with Gasteiger partial charge in [-0.05, 0) is 159 Å². The van der Waals surface area contributed by atoms with Gasteiger partial charge in [-0.3, -0.25) is 0 Å². The third-order valence-electron chi connectivity index (χ3n) is 15.6. The molecule has 0 N–H and O–H groups in total. The van der Waals surface area contributed by atoms with Gasteiger partial charge in [-0.15, -0.1) is 0 Å².